The molecule has 2 N–H and O–H groups in total. The highest BCUT2D eigenvalue weighted by atomic mass is 32.2. The molecule has 2 fully saturated rings. The predicted octanol–water partition coefficient (Wildman–Crippen LogP) is -1.26. The fourth-order valence-electron chi connectivity index (χ4n) is 2.67. The summed E-state index contributed by atoms with van der Waals surface area (Å²) < 4.78 is 23.8. The summed E-state index contributed by atoms with van der Waals surface area (Å²) in [5.41, 5.74) is 0. The van der Waals surface area contributed by atoms with E-state index in [4.69, 9.17) is 0 Å². The molecule has 3 atom stereocenters. The molecule has 2 aliphatic rings. The Hall–Kier alpha value is -0.660. The Bertz CT molecular complexity index is 423. The first-order valence-corrected chi connectivity index (χ1v) is 8.02. The van der Waals surface area contributed by atoms with Gasteiger partial charge in [0.25, 0.3) is 0 Å². The lowest BCUT2D eigenvalue weighted by molar-refractivity contribution is -0.133. The maximum absolute atomic E-state index is 12.3. The van der Waals surface area contributed by atoms with Crippen LogP contribution in [0.4, 0.5) is 0 Å². The minimum absolute atomic E-state index is 0.0999. The number of rotatable bonds is 2. The Morgan fingerprint density at radius 1 is 1.33 bits per heavy atom. The summed E-state index contributed by atoms with van der Waals surface area (Å²) in [6.07, 6.45) is 1.20. The van der Waals surface area contributed by atoms with Gasteiger partial charge in [-0.15, -0.1) is 0 Å². The molecular formula is C11H20N2O4S. The second-order valence-corrected chi connectivity index (χ2v) is 7.40. The summed E-state index contributed by atoms with van der Waals surface area (Å²) in [7, 11) is -1.73. The third-order valence-corrected chi connectivity index (χ3v) is 6.01. The number of carbonyl (C=O) groups is 1. The zero-order valence-corrected chi connectivity index (χ0v) is 11.3. The fourth-order valence-corrected chi connectivity index (χ4v) is 4.56. The van der Waals surface area contributed by atoms with Gasteiger partial charge < -0.3 is 15.3 Å². The van der Waals surface area contributed by atoms with Crippen molar-refractivity contribution in [1.82, 2.24) is 10.2 Å². The Morgan fingerprint density at radius 3 is 2.61 bits per heavy atom. The first-order chi connectivity index (χ1) is 8.43. The highest BCUT2D eigenvalue weighted by Crippen LogP contribution is 2.22. The van der Waals surface area contributed by atoms with E-state index in [-0.39, 0.29) is 17.7 Å². The van der Waals surface area contributed by atoms with E-state index in [1.807, 2.05) is 0 Å². The molecule has 2 saturated heterocycles. The van der Waals surface area contributed by atoms with Crippen LogP contribution >= 0.6 is 0 Å². The average molecular weight is 276 g/mol. The van der Waals surface area contributed by atoms with Gasteiger partial charge in [-0.2, -0.15) is 0 Å². The smallest absolute Gasteiger partial charge is 0.241 e. The van der Waals surface area contributed by atoms with Crippen LogP contribution in [0.2, 0.25) is 0 Å². The number of likely N-dealkylation sites (N-methyl/N-ethyl adjacent to an activating group) is 1. The number of nitrogens with one attached hydrogen (secondary N) is 1. The fraction of sp³-hybridized carbons (Fsp3) is 0.909. The molecule has 0 aromatic heterocycles. The quantitative estimate of drug-likeness (QED) is 0.658. The SMILES string of the molecule is CN(C(=O)C1CCCCS1(=O)=O)[C@H]1CNC[C@@H]1O. The standard InChI is InChI=1S/C11H20N2O4S/c1-13(8-6-12-7-9(8)14)11(15)10-4-2-3-5-18(10,16)17/h8-10,12,14H,2-7H2,1H3/t8-,9-,10?/m0/s1. The molecule has 6 nitrogen and oxygen atoms in total. The first kappa shape index (κ1) is 13.8. The van der Waals surface area contributed by atoms with Crippen molar-refractivity contribution in [3.05, 3.63) is 0 Å². The lowest BCUT2D eigenvalue weighted by Crippen LogP contribution is -2.51. The Balaban J connectivity index is 2.10. The first-order valence-electron chi connectivity index (χ1n) is 6.30. The Labute approximate surface area is 107 Å². The van der Waals surface area contributed by atoms with Gasteiger partial charge in [-0.05, 0) is 12.8 Å². The lowest BCUT2D eigenvalue weighted by atomic mass is 10.1. The highest BCUT2D eigenvalue weighted by Gasteiger charge is 2.40. The molecule has 0 aromatic carbocycles. The van der Waals surface area contributed by atoms with Crippen LogP contribution in [0.5, 0.6) is 0 Å². The minimum atomic E-state index is -3.31. The van der Waals surface area contributed by atoms with Crippen molar-refractivity contribution in [3.63, 3.8) is 0 Å². The van der Waals surface area contributed by atoms with Crippen LogP contribution in [0.15, 0.2) is 0 Å². The van der Waals surface area contributed by atoms with E-state index in [2.05, 4.69) is 5.32 Å². The molecular weight excluding hydrogens is 256 g/mol. The van der Waals surface area contributed by atoms with Gasteiger partial charge in [0, 0.05) is 20.1 Å². The Morgan fingerprint density at radius 2 is 2.06 bits per heavy atom. The number of hydrogen-bond acceptors (Lipinski definition) is 5. The van der Waals surface area contributed by atoms with Crippen LogP contribution < -0.4 is 5.32 Å². The van der Waals surface area contributed by atoms with Crippen molar-refractivity contribution in [1.29, 1.82) is 0 Å². The summed E-state index contributed by atoms with van der Waals surface area (Å²) in [6, 6.07) is -0.324. The van der Waals surface area contributed by atoms with E-state index < -0.39 is 21.2 Å². The normalized spacial score (nSPS) is 35.3. The van der Waals surface area contributed by atoms with Crippen molar-refractivity contribution in [2.75, 3.05) is 25.9 Å². The molecule has 0 aromatic rings. The summed E-state index contributed by atoms with van der Waals surface area (Å²) in [5.74, 6) is -0.273. The zero-order chi connectivity index (χ0) is 13.3. The van der Waals surface area contributed by atoms with Gasteiger partial charge in [0.2, 0.25) is 5.91 Å². The van der Waals surface area contributed by atoms with Gasteiger partial charge in [-0.3, -0.25) is 4.79 Å². The van der Waals surface area contributed by atoms with Gasteiger partial charge >= 0.3 is 0 Å². The van der Waals surface area contributed by atoms with Crippen LogP contribution in [-0.2, 0) is 14.6 Å². The molecule has 2 rings (SSSR count). The van der Waals surface area contributed by atoms with E-state index in [1.54, 1.807) is 7.05 Å². The number of aliphatic hydroxyl groups is 1. The van der Waals surface area contributed by atoms with E-state index in [1.165, 1.54) is 4.90 Å². The van der Waals surface area contributed by atoms with Crippen molar-refractivity contribution in [3.8, 4) is 0 Å². The number of sulfone groups is 1. The van der Waals surface area contributed by atoms with E-state index in [9.17, 15) is 18.3 Å². The van der Waals surface area contributed by atoms with Crippen molar-refractivity contribution in [2.24, 2.45) is 0 Å². The van der Waals surface area contributed by atoms with Crippen molar-refractivity contribution in [2.45, 2.75) is 36.7 Å². The van der Waals surface area contributed by atoms with Crippen LogP contribution in [0.1, 0.15) is 19.3 Å². The number of amides is 1. The molecule has 2 heterocycles. The van der Waals surface area contributed by atoms with Gasteiger partial charge in [-0.25, -0.2) is 8.42 Å². The molecule has 1 unspecified atom stereocenters. The second kappa shape index (κ2) is 5.14. The minimum Gasteiger partial charge on any atom is -0.390 e. The van der Waals surface area contributed by atoms with Crippen LogP contribution in [0.25, 0.3) is 0 Å². The van der Waals surface area contributed by atoms with E-state index >= 15 is 0 Å². The maximum Gasteiger partial charge on any atom is 0.241 e. The third-order valence-electron chi connectivity index (χ3n) is 3.85. The largest absolute Gasteiger partial charge is 0.390 e. The van der Waals surface area contributed by atoms with Crippen LogP contribution in [0.3, 0.4) is 0 Å². The molecule has 0 spiro atoms. The molecule has 0 radical (unpaired) electrons. The van der Waals surface area contributed by atoms with Crippen molar-refractivity contribution < 1.29 is 18.3 Å². The van der Waals surface area contributed by atoms with E-state index in [0.717, 1.165) is 6.42 Å². The van der Waals surface area contributed by atoms with Crippen LogP contribution in [-0.4, -0.2) is 67.6 Å². The third kappa shape index (κ3) is 2.53. The predicted molar refractivity (Wildman–Crippen MR) is 66.9 cm³/mol. The number of β-amino-alcohol motifs (C(OH)–C–C–N with tert-alkyl or cyclic N) is 1. The van der Waals surface area contributed by atoms with E-state index in [0.29, 0.717) is 25.9 Å². The molecule has 0 saturated carbocycles. The average Bonchev–Trinajstić information content (AvgIpc) is 2.73. The zero-order valence-electron chi connectivity index (χ0n) is 10.5. The number of nitrogens with zero attached hydrogens (tertiary/aromatic N) is 1. The second-order valence-electron chi connectivity index (χ2n) is 5.09. The number of aliphatic hydroxyl groups excluding tert-OH is 1. The van der Waals surface area contributed by atoms with Gasteiger partial charge in [0.05, 0.1) is 17.9 Å². The van der Waals surface area contributed by atoms with Crippen molar-refractivity contribution >= 4 is 15.7 Å². The van der Waals surface area contributed by atoms with Crippen LogP contribution in [0, 0.1) is 0 Å². The summed E-state index contributed by atoms with van der Waals surface area (Å²) in [5, 5.41) is 11.8. The van der Waals surface area contributed by atoms with Gasteiger partial charge in [0.15, 0.2) is 9.84 Å². The summed E-state index contributed by atoms with van der Waals surface area (Å²) in [6.45, 7) is 0.954. The Kier molecular flexibility index (Phi) is 3.93. The molecule has 0 bridgehead atoms. The molecule has 7 heteroatoms. The molecule has 1 amide bonds. The molecule has 2 aliphatic heterocycles. The maximum atomic E-state index is 12.3. The molecule has 18 heavy (non-hydrogen) atoms. The lowest BCUT2D eigenvalue weighted by Gasteiger charge is -2.31. The van der Waals surface area contributed by atoms with Gasteiger partial charge in [0.1, 0.15) is 5.25 Å². The highest BCUT2D eigenvalue weighted by molar-refractivity contribution is 7.92. The number of hydrogen-bond donors (Lipinski definition) is 2. The summed E-state index contributed by atoms with van der Waals surface area (Å²) in [4.78, 5) is 13.7. The topological polar surface area (TPSA) is 86.7 Å². The van der Waals surface area contributed by atoms with Gasteiger partial charge in [-0.1, -0.05) is 6.42 Å². The molecule has 104 valence electrons. The molecule has 0 aliphatic carbocycles. The number of carbonyl (C=O) groups excluding carboxylic acids is 1. The summed E-state index contributed by atoms with van der Waals surface area (Å²) >= 11 is 0. The monoisotopic (exact) mass is 276 g/mol.